The normalized spacial score (nSPS) is 31.0. The number of rotatable bonds is 6. The first-order valence-electron chi connectivity index (χ1n) is 8.58. The SMILES string of the molecule is CCCC1CC(N2CCCC(C(=O)NCCN)C2)CCO1. The lowest BCUT2D eigenvalue weighted by Crippen LogP contribution is -2.50. The second-order valence-corrected chi connectivity index (χ2v) is 6.37. The van der Waals surface area contributed by atoms with Crippen LogP contribution in [0.1, 0.15) is 45.4 Å². The minimum Gasteiger partial charge on any atom is -0.378 e. The summed E-state index contributed by atoms with van der Waals surface area (Å²) in [5.74, 6) is 0.320. The van der Waals surface area contributed by atoms with Crippen LogP contribution in [-0.2, 0) is 9.53 Å². The molecular weight excluding hydrogens is 266 g/mol. The van der Waals surface area contributed by atoms with Gasteiger partial charge in [-0.25, -0.2) is 0 Å². The van der Waals surface area contributed by atoms with E-state index in [2.05, 4.69) is 17.1 Å². The maximum absolute atomic E-state index is 12.1. The van der Waals surface area contributed by atoms with Crippen molar-refractivity contribution in [1.82, 2.24) is 10.2 Å². The molecule has 0 aromatic heterocycles. The Morgan fingerprint density at radius 1 is 1.43 bits per heavy atom. The number of carbonyl (C=O) groups is 1. The van der Waals surface area contributed by atoms with E-state index in [0.717, 1.165) is 51.8 Å². The summed E-state index contributed by atoms with van der Waals surface area (Å²) < 4.78 is 5.85. The fraction of sp³-hybridized carbons (Fsp3) is 0.938. The smallest absolute Gasteiger partial charge is 0.224 e. The van der Waals surface area contributed by atoms with Gasteiger partial charge in [0, 0.05) is 32.3 Å². The third-order valence-corrected chi connectivity index (χ3v) is 4.73. The van der Waals surface area contributed by atoms with Gasteiger partial charge in [0.15, 0.2) is 0 Å². The molecule has 5 nitrogen and oxygen atoms in total. The summed E-state index contributed by atoms with van der Waals surface area (Å²) >= 11 is 0. The van der Waals surface area contributed by atoms with Crippen LogP contribution in [0.25, 0.3) is 0 Å². The van der Waals surface area contributed by atoms with Gasteiger partial charge in [-0.3, -0.25) is 9.69 Å². The molecule has 0 radical (unpaired) electrons. The summed E-state index contributed by atoms with van der Waals surface area (Å²) in [5.41, 5.74) is 5.46. The molecule has 3 N–H and O–H groups in total. The Balaban J connectivity index is 1.83. The van der Waals surface area contributed by atoms with Crippen LogP contribution >= 0.6 is 0 Å². The third kappa shape index (κ3) is 4.94. The average Bonchev–Trinajstić information content (AvgIpc) is 2.53. The number of piperidine rings is 1. The highest BCUT2D eigenvalue weighted by Crippen LogP contribution is 2.26. The van der Waals surface area contributed by atoms with Gasteiger partial charge in [0.2, 0.25) is 5.91 Å². The standard InChI is InChI=1S/C16H31N3O2/c1-2-4-15-11-14(6-10-21-15)19-9-3-5-13(12-19)16(20)18-8-7-17/h13-15H,2-12,17H2,1H3,(H,18,20). The Kier molecular flexibility index (Phi) is 6.93. The maximum Gasteiger partial charge on any atom is 0.224 e. The molecule has 122 valence electrons. The minimum atomic E-state index is 0.137. The van der Waals surface area contributed by atoms with Crippen molar-refractivity contribution in [1.29, 1.82) is 0 Å². The Labute approximate surface area is 128 Å². The van der Waals surface area contributed by atoms with Gasteiger partial charge in [0.25, 0.3) is 0 Å². The van der Waals surface area contributed by atoms with E-state index in [-0.39, 0.29) is 11.8 Å². The topological polar surface area (TPSA) is 67.6 Å². The largest absolute Gasteiger partial charge is 0.378 e. The average molecular weight is 297 g/mol. The van der Waals surface area contributed by atoms with Gasteiger partial charge < -0.3 is 15.8 Å². The molecule has 2 rings (SSSR count). The number of nitrogens with two attached hydrogens (primary N) is 1. The molecule has 2 aliphatic heterocycles. The van der Waals surface area contributed by atoms with Gasteiger partial charge in [0.1, 0.15) is 0 Å². The van der Waals surface area contributed by atoms with Crippen LogP contribution in [0.3, 0.4) is 0 Å². The van der Waals surface area contributed by atoms with E-state index in [0.29, 0.717) is 25.2 Å². The summed E-state index contributed by atoms with van der Waals surface area (Å²) in [6.07, 6.45) is 7.12. The van der Waals surface area contributed by atoms with Crippen molar-refractivity contribution in [3.8, 4) is 0 Å². The zero-order chi connectivity index (χ0) is 15.1. The van der Waals surface area contributed by atoms with Crippen molar-refractivity contribution in [3.63, 3.8) is 0 Å². The number of carbonyl (C=O) groups excluding carboxylic acids is 1. The summed E-state index contributed by atoms with van der Waals surface area (Å²) in [6, 6.07) is 0.598. The first-order valence-corrected chi connectivity index (χ1v) is 8.58. The fourth-order valence-electron chi connectivity index (χ4n) is 3.61. The molecule has 0 aliphatic carbocycles. The maximum atomic E-state index is 12.1. The monoisotopic (exact) mass is 297 g/mol. The molecule has 21 heavy (non-hydrogen) atoms. The zero-order valence-electron chi connectivity index (χ0n) is 13.4. The number of hydrogen-bond acceptors (Lipinski definition) is 4. The van der Waals surface area contributed by atoms with E-state index in [1.54, 1.807) is 0 Å². The number of ether oxygens (including phenoxy) is 1. The van der Waals surface area contributed by atoms with Crippen molar-refractivity contribution < 1.29 is 9.53 Å². The van der Waals surface area contributed by atoms with Crippen LogP contribution in [0.4, 0.5) is 0 Å². The predicted molar refractivity (Wildman–Crippen MR) is 84.0 cm³/mol. The van der Waals surface area contributed by atoms with E-state index in [1.165, 1.54) is 6.42 Å². The van der Waals surface area contributed by atoms with E-state index < -0.39 is 0 Å². The van der Waals surface area contributed by atoms with Crippen LogP contribution in [0.5, 0.6) is 0 Å². The molecule has 0 spiro atoms. The zero-order valence-corrected chi connectivity index (χ0v) is 13.4. The van der Waals surface area contributed by atoms with E-state index >= 15 is 0 Å². The molecule has 2 heterocycles. The Bertz CT molecular complexity index is 323. The van der Waals surface area contributed by atoms with E-state index in [4.69, 9.17) is 10.5 Å². The molecule has 0 aromatic rings. The van der Waals surface area contributed by atoms with Crippen LogP contribution < -0.4 is 11.1 Å². The highest BCUT2D eigenvalue weighted by atomic mass is 16.5. The van der Waals surface area contributed by atoms with Crippen LogP contribution in [0.2, 0.25) is 0 Å². The molecule has 0 aromatic carbocycles. The molecule has 1 amide bonds. The Morgan fingerprint density at radius 2 is 2.29 bits per heavy atom. The fourth-order valence-corrected chi connectivity index (χ4v) is 3.61. The first-order chi connectivity index (χ1) is 10.2. The Morgan fingerprint density at radius 3 is 3.05 bits per heavy atom. The van der Waals surface area contributed by atoms with Gasteiger partial charge in [-0.15, -0.1) is 0 Å². The van der Waals surface area contributed by atoms with Crippen LogP contribution in [0, 0.1) is 5.92 Å². The van der Waals surface area contributed by atoms with E-state index in [9.17, 15) is 4.79 Å². The molecule has 2 saturated heterocycles. The lowest BCUT2D eigenvalue weighted by atomic mass is 9.92. The highest BCUT2D eigenvalue weighted by Gasteiger charge is 2.32. The van der Waals surface area contributed by atoms with Crippen molar-refractivity contribution >= 4 is 5.91 Å². The number of nitrogens with zero attached hydrogens (tertiary/aromatic N) is 1. The van der Waals surface area contributed by atoms with Crippen LogP contribution in [0.15, 0.2) is 0 Å². The number of hydrogen-bond donors (Lipinski definition) is 2. The minimum absolute atomic E-state index is 0.137. The van der Waals surface area contributed by atoms with Gasteiger partial charge in [0.05, 0.1) is 12.0 Å². The quantitative estimate of drug-likeness (QED) is 0.771. The summed E-state index contributed by atoms with van der Waals surface area (Å²) in [6.45, 7) is 6.22. The molecule has 0 saturated carbocycles. The Hall–Kier alpha value is -0.650. The molecule has 2 aliphatic rings. The lowest BCUT2D eigenvalue weighted by molar-refractivity contribution is -0.127. The van der Waals surface area contributed by atoms with Gasteiger partial charge in [-0.2, -0.15) is 0 Å². The van der Waals surface area contributed by atoms with Gasteiger partial charge >= 0.3 is 0 Å². The second kappa shape index (κ2) is 8.71. The summed E-state index contributed by atoms with van der Waals surface area (Å²) in [5, 5.41) is 2.94. The third-order valence-electron chi connectivity index (χ3n) is 4.73. The number of nitrogens with one attached hydrogen (secondary N) is 1. The van der Waals surface area contributed by atoms with Gasteiger partial charge in [-0.1, -0.05) is 13.3 Å². The van der Waals surface area contributed by atoms with Crippen LogP contribution in [-0.4, -0.2) is 55.7 Å². The second-order valence-electron chi connectivity index (χ2n) is 6.37. The molecule has 0 bridgehead atoms. The van der Waals surface area contributed by atoms with Crippen molar-refractivity contribution in [2.24, 2.45) is 11.7 Å². The van der Waals surface area contributed by atoms with E-state index in [1.807, 2.05) is 0 Å². The highest BCUT2D eigenvalue weighted by molar-refractivity contribution is 5.78. The molecular formula is C16H31N3O2. The molecule has 5 heteroatoms. The summed E-state index contributed by atoms with van der Waals surface area (Å²) in [4.78, 5) is 14.7. The van der Waals surface area contributed by atoms with Crippen molar-refractivity contribution in [2.45, 2.75) is 57.6 Å². The van der Waals surface area contributed by atoms with Crippen molar-refractivity contribution in [2.75, 3.05) is 32.8 Å². The predicted octanol–water partition coefficient (Wildman–Crippen LogP) is 1.12. The molecule has 3 atom stereocenters. The first kappa shape index (κ1) is 16.7. The lowest BCUT2D eigenvalue weighted by Gasteiger charge is -2.41. The van der Waals surface area contributed by atoms with Crippen molar-refractivity contribution in [3.05, 3.63) is 0 Å². The molecule has 2 fully saturated rings. The summed E-state index contributed by atoms with van der Waals surface area (Å²) in [7, 11) is 0. The van der Waals surface area contributed by atoms with Gasteiger partial charge in [-0.05, 0) is 38.6 Å². The number of likely N-dealkylation sites (tertiary alicyclic amines) is 1. The molecule has 3 unspecified atom stereocenters. The number of amides is 1.